The van der Waals surface area contributed by atoms with Crippen molar-refractivity contribution in [2.75, 3.05) is 19.6 Å². The van der Waals surface area contributed by atoms with Crippen LogP contribution in [0.25, 0.3) is 5.69 Å². The normalized spacial score (nSPS) is 21.5. The Hall–Kier alpha value is -2.40. The summed E-state index contributed by atoms with van der Waals surface area (Å²) in [6, 6.07) is 8.74. The smallest absolute Gasteiger partial charge is 0.220 e. The van der Waals surface area contributed by atoms with E-state index < -0.39 is 0 Å². The zero-order valence-electron chi connectivity index (χ0n) is 16.9. The first-order valence-electron chi connectivity index (χ1n) is 10.4. The van der Waals surface area contributed by atoms with Crippen LogP contribution in [0.3, 0.4) is 0 Å². The number of aromatic nitrogens is 1. The molecule has 2 heterocycles. The number of hydrogen-bond acceptors (Lipinski definition) is 2. The Morgan fingerprint density at radius 2 is 1.82 bits per heavy atom. The number of nitrogens with zero attached hydrogens (tertiary/aromatic N) is 1. The van der Waals surface area contributed by atoms with Crippen LogP contribution < -0.4 is 10.6 Å². The number of benzene rings is 1. The molecule has 0 radical (unpaired) electrons. The van der Waals surface area contributed by atoms with Gasteiger partial charge in [-0.05, 0) is 62.4 Å². The molecule has 1 aromatic carbocycles. The second-order valence-corrected chi connectivity index (χ2v) is 8.45. The highest BCUT2D eigenvalue weighted by molar-refractivity contribution is 5.98. The van der Waals surface area contributed by atoms with Gasteiger partial charge in [-0.2, -0.15) is 0 Å². The first kappa shape index (κ1) is 18.9. The van der Waals surface area contributed by atoms with E-state index in [1.165, 1.54) is 28.9 Å². The molecular formula is C23H30N3O2+. The van der Waals surface area contributed by atoms with Gasteiger partial charge in [0.05, 0.1) is 13.1 Å². The van der Waals surface area contributed by atoms with Crippen LogP contribution in [0.15, 0.2) is 24.3 Å². The molecule has 4 rings (SSSR count). The molecule has 0 saturated carbocycles. The van der Waals surface area contributed by atoms with Gasteiger partial charge in [-0.15, -0.1) is 0 Å². The number of piperidine rings is 1. The van der Waals surface area contributed by atoms with E-state index in [1.807, 2.05) is 13.0 Å². The number of carbonyl (C=O) groups is 2. The lowest BCUT2D eigenvalue weighted by atomic mass is 9.96. The summed E-state index contributed by atoms with van der Waals surface area (Å²) >= 11 is 0. The summed E-state index contributed by atoms with van der Waals surface area (Å²) in [5, 5.41) is 0. The SMILES string of the molecule is Cc1cc(C(=O)C[NH+]2CCC(C(N)=O)CC2)c(C)n1-c1ccc2c(c1)CCC2. The van der Waals surface area contributed by atoms with Gasteiger partial charge in [0.15, 0.2) is 0 Å². The largest absolute Gasteiger partial charge is 0.369 e. The van der Waals surface area contributed by atoms with E-state index in [2.05, 4.69) is 29.7 Å². The van der Waals surface area contributed by atoms with Crippen LogP contribution in [0.1, 0.15) is 52.1 Å². The van der Waals surface area contributed by atoms with Crippen LogP contribution in [0.5, 0.6) is 0 Å². The average Bonchev–Trinajstić information content (AvgIpc) is 3.25. The van der Waals surface area contributed by atoms with Crippen LogP contribution in [0.2, 0.25) is 0 Å². The van der Waals surface area contributed by atoms with Gasteiger partial charge in [0.1, 0.15) is 6.54 Å². The molecule has 5 nitrogen and oxygen atoms in total. The Labute approximate surface area is 166 Å². The Kier molecular flexibility index (Phi) is 5.11. The second-order valence-electron chi connectivity index (χ2n) is 8.45. The summed E-state index contributed by atoms with van der Waals surface area (Å²) in [4.78, 5) is 25.6. The highest BCUT2D eigenvalue weighted by Gasteiger charge is 2.28. The zero-order valence-corrected chi connectivity index (χ0v) is 16.9. The number of fused-ring (bicyclic) bond motifs is 1. The third-order valence-corrected chi connectivity index (χ3v) is 6.58. The lowest BCUT2D eigenvalue weighted by molar-refractivity contribution is -0.897. The van der Waals surface area contributed by atoms with E-state index in [0.717, 1.165) is 55.0 Å². The number of quaternary nitrogens is 1. The number of carbonyl (C=O) groups excluding carboxylic acids is 2. The molecule has 5 heteroatoms. The maximum absolute atomic E-state index is 13.0. The van der Waals surface area contributed by atoms with Crippen molar-refractivity contribution in [2.45, 2.75) is 46.0 Å². The van der Waals surface area contributed by atoms with Crippen molar-refractivity contribution in [3.05, 3.63) is 52.3 Å². The Morgan fingerprint density at radius 3 is 2.54 bits per heavy atom. The van der Waals surface area contributed by atoms with E-state index in [-0.39, 0.29) is 17.6 Å². The summed E-state index contributed by atoms with van der Waals surface area (Å²) in [5.74, 6) is -0.0416. The van der Waals surface area contributed by atoms with Gasteiger partial charge in [0.25, 0.3) is 0 Å². The van der Waals surface area contributed by atoms with Gasteiger partial charge in [-0.1, -0.05) is 6.07 Å². The van der Waals surface area contributed by atoms with Crippen LogP contribution in [0.4, 0.5) is 0 Å². The topological polar surface area (TPSA) is 69.5 Å². The molecule has 1 fully saturated rings. The minimum Gasteiger partial charge on any atom is -0.369 e. The average molecular weight is 381 g/mol. The number of likely N-dealkylation sites (tertiary alicyclic amines) is 1. The molecule has 148 valence electrons. The number of amides is 1. The fourth-order valence-corrected chi connectivity index (χ4v) is 4.95. The van der Waals surface area contributed by atoms with Crippen molar-refractivity contribution in [3.63, 3.8) is 0 Å². The minimum absolute atomic E-state index is 0.0243. The number of primary amides is 1. The van der Waals surface area contributed by atoms with Gasteiger partial charge < -0.3 is 15.2 Å². The monoisotopic (exact) mass is 380 g/mol. The maximum atomic E-state index is 13.0. The molecule has 28 heavy (non-hydrogen) atoms. The third-order valence-electron chi connectivity index (χ3n) is 6.58. The lowest BCUT2D eigenvalue weighted by Crippen LogP contribution is -3.14. The van der Waals surface area contributed by atoms with Crippen molar-refractivity contribution >= 4 is 11.7 Å². The van der Waals surface area contributed by atoms with Crippen molar-refractivity contribution in [1.29, 1.82) is 0 Å². The van der Waals surface area contributed by atoms with Crippen molar-refractivity contribution in [1.82, 2.24) is 4.57 Å². The summed E-state index contributed by atoms with van der Waals surface area (Å²) in [6.45, 7) is 6.27. The van der Waals surface area contributed by atoms with Crippen molar-refractivity contribution in [3.8, 4) is 5.69 Å². The summed E-state index contributed by atoms with van der Waals surface area (Å²) in [7, 11) is 0. The van der Waals surface area contributed by atoms with Crippen LogP contribution in [-0.2, 0) is 17.6 Å². The van der Waals surface area contributed by atoms with Gasteiger partial charge in [0.2, 0.25) is 11.7 Å². The summed E-state index contributed by atoms with van der Waals surface area (Å²) < 4.78 is 2.21. The molecule has 2 aromatic rings. The third kappa shape index (κ3) is 3.51. The van der Waals surface area contributed by atoms with E-state index in [1.54, 1.807) is 0 Å². The number of aryl methyl sites for hydroxylation is 3. The molecular weight excluding hydrogens is 350 g/mol. The molecule has 0 atom stereocenters. The van der Waals surface area contributed by atoms with Crippen LogP contribution in [0, 0.1) is 19.8 Å². The molecule has 3 N–H and O–H groups in total. The first-order chi connectivity index (χ1) is 13.4. The van der Waals surface area contributed by atoms with E-state index in [0.29, 0.717) is 6.54 Å². The number of rotatable bonds is 5. The van der Waals surface area contributed by atoms with Crippen molar-refractivity contribution in [2.24, 2.45) is 11.7 Å². The predicted molar refractivity (Wildman–Crippen MR) is 109 cm³/mol. The van der Waals surface area contributed by atoms with Crippen molar-refractivity contribution < 1.29 is 14.5 Å². The highest BCUT2D eigenvalue weighted by atomic mass is 16.1. The van der Waals surface area contributed by atoms with E-state index >= 15 is 0 Å². The second kappa shape index (κ2) is 7.55. The van der Waals surface area contributed by atoms with Gasteiger partial charge in [-0.25, -0.2) is 0 Å². The number of nitrogens with two attached hydrogens (primary N) is 1. The van der Waals surface area contributed by atoms with Crippen LogP contribution >= 0.6 is 0 Å². The zero-order chi connectivity index (χ0) is 19.8. The molecule has 0 bridgehead atoms. The summed E-state index contributed by atoms with van der Waals surface area (Å²) in [6.07, 6.45) is 5.14. The highest BCUT2D eigenvalue weighted by Crippen LogP contribution is 2.27. The molecule has 1 saturated heterocycles. The van der Waals surface area contributed by atoms with Gasteiger partial charge >= 0.3 is 0 Å². The van der Waals surface area contributed by atoms with Gasteiger partial charge in [-0.3, -0.25) is 9.59 Å². The van der Waals surface area contributed by atoms with E-state index in [9.17, 15) is 9.59 Å². The quantitative estimate of drug-likeness (QED) is 0.773. The molecule has 1 amide bonds. The van der Waals surface area contributed by atoms with Crippen LogP contribution in [-0.4, -0.2) is 35.9 Å². The summed E-state index contributed by atoms with van der Waals surface area (Å²) in [5.41, 5.74) is 12.4. The fourth-order valence-electron chi connectivity index (χ4n) is 4.95. The lowest BCUT2D eigenvalue weighted by Gasteiger charge is -2.27. The predicted octanol–water partition coefficient (Wildman–Crippen LogP) is 1.55. The van der Waals surface area contributed by atoms with E-state index in [4.69, 9.17) is 5.73 Å². The first-order valence-corrected chi connectivity index (χ1v) is 10.4. The Bertz CT molecular complexity index is 920. The van der Waals surface area contributed by atoms with Gasteiger partial charge in [0, 0.05) is 41.4 Å². The number of Topliss-reactive ketones (excluding diaryl/α,β-unsaturated/α-hetero) is 1. The molecule has 0 unspecified atom stereocenters. The maximum Gasteiger partial charge on any atom is 0.220 e. The number of hydrogen-bond donors (Lipinski definition) is 2. The minimum atomic E-state index is -0.205. The molecule has 1 aliphatic heterocycles. The Morgan fingerprint density at radius 1 is 1.11 bits per heavy atom. The fraction of sp³-hybridized carbons (Fsp3) is 0.478. The molecule has 2 aliphatic rings. The number of nitrogens with one attached hydrogen (secondary N) is 1. The molecule has 1 aliphatic carbocycles. The standard InChI is InChI=1S/C23H29N3O2/c1-15-12-21(22(27)14-25-10-8-18(9-11-25)23(24)28)16(2)26(15)20-7-6-17-4-3-5-19(17)13-20/h6-7,12-13,18H,3-5,8-11,14H2,1-2H3,(H2,24,28)/p+1. The Balaban J connectivity index is 1.51. The molecule has 1 aromatic heterocycles. The number of ketones is 1. The molecule has 0 spiro atoms.